The van der Waals surface area contributed by atoms with E-state index in [0.29, 0.717) is 11.4 Å². The number of rotatable bonds is 4. The Bertz CT molecular complexity index is 548. The fourth-order valence-electron chi connectivity index (χ4n) is 1.85. The van der Waals surface area contributed by atoms with Crippen molar-refractivity contribution in [1.29, 1.82) is 0 Å². The largest absolute Gasteiger partial charge is 0.482 e. The fourth-order valence-corrected chi connectivity index (χ4v) is 1.85. The maximum absolute atomic E-state index is 11.9. The van der Waals surface area contributed by atoms with E-state index in [2.05, 4.69) is 5.32 Å². The molecule has 0 radical (unpaired) electrons. The molecule has 1 aliphatic rings. The Kier molecular flexibility index (Phi) is 3.64. The lowest BCUT2D eigenvalue weighted by Crippen LogP contribution is -2.26. The Labute approximate surface area is 110 Å². The van der Waals surface area contributed by atoms with Gasteiger partial charge in [0.15, 0.2) is 6.61 Å². The Morgan fingerprint density at radius 1 is 1.37 bits per heavy atom. The van der Waals surface area contributed by atoms with Crippen molar-refractivity contribution in [3.05, 3.63) is 23.8 Å². The molecule has 0 fully saturated rings. The molecular formula is C14H15NO4. The SMILES string of the molecule is CC(C)CC(=O)C(=O)c1ccc2c(c1)NC(=O)CO2. The molecule has 5 nitrogen and oxygen atoms in total. The van der Waals surface area contributed by atoms with Gasteiger partial charge >= 0.3 is 0 Å². The van der Waals surface area contributed by atoms with Crippen LogP contribution in [0.1, 0.15) is 30.6 Å². The number of hydrogen-bond donors (Lipinski definition) is 1. The molecule has 0 aromatic heterocycles. The molecule has 0 bridgehead atoms. The predicted molar refractivity (Wildman–Crippen MR) is 69.4 cm³/mol. The summed E-state index contributed by atoms with van der Waals surface area (Å²) in [6.45, 7) is 3.73. The molecular weight excluding hydrogens is 246 g/mol. The summed E-state index contributed by atoms with van der Waals surface area (Å²) in [6.07, 6.45) is 0.221. The second-order valence-electron chi connectivity index (χ2n) is 4.90. The molecule has 19 heavy (non-hydrogen) atoms. The van der Waals surface area contributed by atoms with Crippen LogP contribution < -0.4 is 10.1 Å². The highest BCUT2D eigenvalue weighted by Gasteiger charge is 2.21. The topological polar surface area (TPSA) is 72.5 Å². The minimum absolute atomic E-state index is 0.0351. The number of carbonyl (C=O) groups excluding carboxylic acids is 3. The van der Waals surface area contributed by atoms with Gasteiger partial charge in [-0.05, 0) is 24.1 Å². The zero-order valence-electron chi connectivity index (χ0n) is 10.9. The number of amides is 1. The van der Waals surface area contributed by atoms with Gasteiger partial charge in [-0.15, -0.1) is 0 Å². The summed E-state index contributed by atoms with van der Waals surface area (Å²) in [5.41, 5.74) is 0.703. The van der Waals surface area contributed by atoms with Crippen LogP contribution in [0, 0.1) is 5.92 Å². The second kappa shape index (κ2) is 5.22. The first-order valence-electron chi connectivity index (χ1n) is 6.11. The number of ether oxygens (including phenoxy) is 1. The van der Waals surface area contributed by atoms with Crippen LogP contribution in [0.25, 0.3) is 0 Å². The molecule has 2 rings (SSSR count). The van der Waals surface area contributed by atoms with Crippen LogP contribution in [0.2, 0.25) is 0 Å². The minimum Gasteiger partial charge on any atom is -0.482 e. The number of anilines is 1. The molecule has 0 saturated heterocycles. The van der Waals surface area contributed by atoms with Crippen molar-refractivity contribution < 1.29 is 19.1 Å². The van der Waals surface area contributed by atoms with E-state index in [1.807, 2.05) is 13.8 Å². The molecule has 1 N–H and O–H groups in total. The summed E-state index contributed by atoms with van der Waals surface area (Å²) in [5.74, 6) is -0.579. The maximum atomic E-state index is 11.9. The molecule has 0 saturated carbocycles. The smallest absolute Gasteiger partial charge is 0.262 e. The first kappa shape index (κ1) is 13.3. The van der Waals surface area contributed by atoms with Crippen molar-refractivity contribution in [2.45, 2.75) is 20.3 Å². The van der Waals surface area contributed by atoms with E-state index in [1.165, 1.54) is 12.1 Å². The Morgan fingerprint density at radius 3 is 2.79 bits per heavy atom. The average molecular weight is 261 g/mol. The third-order valence-electron chi connectivity index (χ3n) is 2.72. The summed E-state index contributed by atoms with van der Waals surface area (Å²) in [4.78, 5) is 34.9. The van der Waals surface area contributed by atoms with Gasteiger partial charge in [0.1, 0.15) is 5.75 Å². The quantitative estimate of drug-likeness (QED) is 0.662. The van der Waals surface area contributed by atoms with Crippen molar-refractivity contribution in [2.75, 3.05) is 11.9 Å². The normalized spacial score (nSPS) is 13.5. The van der Waals surface area contributed by atoms with Gasteiger partial charge in [0.2, 0.25) is 11.6 Å². The number of carbonyl (C=O) groups is 3. The number of nitrogens with one attached hydrogen (secondary N) is 1. The molecule has 0 spiro atoms. The highest BCUT2D eigenvalue weighted by Crippen LogP contribution is 2.28. The van der Waals surface area contributed by atoms with E-state index in [9.17, 15) is 14.4 Å². The molecule has 5 heteroatoms. The predicted octanol–water partition coefficient (Wildman–Crippen LogP) is 1.82. The molecule has 1 aromatic carbocycles. The third-order valence-corrected chi connectivity index (χ3v) is 2.72. The Morgan fingerprint density at radius 2 is 2.11 bits per heavy atom. The van der Waals surface area contributed by atoms with E-state index in [1.54, 1.807) is 6.07 Å². The van der Waals surface area contributed by atoms with Gasteiger partial charge in [-0.1, -0.05) is 13.8 Å². The van der Waals surface area contributed by atoms with Crippen molar-refractivity contribution in [3.8, 4) is 5.75 Å². The van der Waals surface area contributed by atoms with Gasteiger partial charge in [0.25, 0.3) is 5.91 Å². The molecule has 0 aliphatic carbocycles. The molecule has 0 unspecified atom stereocenters. The van der Waals surface area contributed by atoms with Crippen LogP contribution in [0.4, 0.5) is 5.69 Å². The lowest BCUT2D eigenvalue weighted by Gasteiger charge is -2.18. The van der Waals surface area contributed by atoms with Crippen molar-refractivity contribution in [1.82, 2.24) is 0 Å². The van der Waals surface area contributed by atoms with E-state index in [-0.39, 0.29) is 30.4 Å². The fraction of sp³-hybridized carbons (Fsp3) is 0.357. The number of benzene rings is 1. The third kappa shape index (κ3) is 2.99. The molecule has 1 amide bonds. The van der Waals surface area contributed by atoms with Gasteiger partial charge < -0.3 is 10.1 Å². The number of fused-ring (bicyclic) bond motifs is 1. The lowest BCUT2D eigenvalue weighted by atomic mass is 9.99. The lowest BCUT2D eigenvalue weighted by molar-refractivity contribution is -0.118. The minimum atomic E-state index is -0.531. The Hall–Kier alpha value is -2.17. The van der Waals surface area contributed by atoms with E-state index >= 15 is 0 Å². The van der Waals surface area contributed by atoms with Gasteiger partial charge in [0, 0.05) is 12.0 Å². The maximum Gasteiger partial charge on any atom is 0.262 e. The second-order valence-corrected chi connectivity index (χ2v) is 4.90. The monoisotopic (exact) mass is 261 g/mol. The first-order valence-corrected chi connectivity index (χ1v) is 6.11. The van der Waals surface area contributed by atoms with Gasteiger partial charge in [0.05, 0.1) is 5.69 Å². The van der Waals surface area contributed by atoms with Crippen LogP contribution in [0.15, 0.2) is 18.2 Å². The van der Waals surface area contributed by atoms with Crippen LogP contribution in [0.5, 0.6) is 5.75 Å². The van der Waals surface area contributed by atoms with Gasteiger partial charge in [-0.3, -0.25) is 14.4 Å². The zero-order valence-corrected chi connectivity index (χ0v) is 10.9. The van der Waals surface area contributed by atoms with Crippen molar-refractivity contribution in [2.24, 2.45) is 5.92 Å². The van der Waals surface area contributed by atoms with Crippen molar-refractivity contribution >= 4 is 23.2 Å². The highest BCUT2D eigenvalue weighted by molar-refractivity contribution is 6.43. The molecule has 100 valence electrons. The highest BCUT2D eigenvalue weighted by atomic mass is 16.5. The number of hydrogen-bond acceptors (Lipinski definition) is 4. The van der Waals surface area contributed by atoms with Gasteiger partial charge in [-0.2, -0.15) is 0 Å². The first-order chi connectivity index (χ1) is 8.97. The summed E-state index contributed by atoms with van der Waals surface area (Å²) in [6, 6.07) is 4.61. The van der Waals surface area contributed by atoms with E-state index in [4.69, 9.17) is 4.74 Å². The van der Waals surface area contributed by atoms with E-state index < -0.39 is 11.6 Å². The van der Waals surface area contributed by atoms with E-state index in [0.717, 1.165) is 0 Å². The van der Waals surface area contributed by atoms with Crippen molar-refractivity contribution in [3.63, 3.8) is 0 Å². The summed E-state index contributed by atoms with van der Waals surface area (Å²) in [5, 5.41) is 2.61. The molecule has 1 aliphatic heterocycles. The van der Waals surface area contributed by atoms with Crippen LogP contribution >= 0.6 is 0 Å². The Balaban J connectivity index is 2.22. The van der Waals surface area contributed by atoms with Crippen LogP contribution in [0.3, 0.4) is 0 Å². The standard InChI is InChI=1S/C14H15NO4/c1-8(2)5-11(16)14(18)9-3-4-12-10(6-9)15-13(17)7-19-12/h3-4,6,8H,5,7H2,1-2H3,(H,15,17). The summed E-state index contributed by atoms with van der Waals surface area (Å²) in [7, 11) is 0. The average Bonchev–Trinajstić information content (AvgIpc) is 2.36. The van der Waals surface area contributed by atoms with Gasteiger partial charge in [-0.25, -0.2) is 0 Å². The molecule has 1 aromatic rings. The number of Topliss-reactive ketones (excluding diaryl/α,β-unsaturated/α-hetero) is 2. The van der Waals surface area contributed by atoms with Crippen LogP contribution in [-0.4, -0.2) is 24.1 Å². The van der Waals surface area contributed by atoms with Crippen LogP contribution in [-0.2, 0) is 9.59 Å². The molecule has 1 heterocycles. The zero-order chi connectivity index (χ0) is 14.0. The summed E-state index contributed by atoms with van der Waals surface area (Å²) >= 11 is 0. The summed E-state index contributed by atoms with van der Waals surface area (Å²) < 4.78 is 5.19. The molecule has 0 atom stereocenters. The number of ketones is 2.